The fourth-order valence-electron chi connectivity index (χ4n) is 10.3. The van der Waals surface area contributed by atoms with Crippen LogP contribution in [0, 0.1) is 0 Å². The normalized spacial score (nSPS) is 47.2. The van der Waals surface area contributed by atoms with Crippen molar-refractivity contribution in [1.29, 1.82) is 0 Å². The number of rotatable bonds is 23. The highest BCUT2D eigenvalue weighted by Crippen LogP contribution is 2.42. The molecule has 6 rings (SSSR count). The lowest BCUT2D eigenvalue weighted by atomic mass is 9.90. The summed E-state index contributed by atoms with van der Waals surface area (Å²) >= 11 is 0. The summed E-state index contributed by atoms with van der Waals surface area (Å²) in [4.78, 5) is 39.3. The molecular weight excluding hydrogens is 1130 g/mol. The van der Waals surface area contributed by atoms with Crippen molar-refractivity contribution >= 4 is 17.8 Å². The van der Waals surface area contributed by atoms with Gasteiger partial charge in [-0.05, 0) is 0 Å². The molecule has 6 aliphatic rings. The number of carbonyl (C=O) groups is 3. The lowest BCUT2D eigenvalue weighted by Gasteiger charge is -2.52. The minimum absolute atomic E-state index is 0.864. The third-order valence-corrected chi connectivity index (χ3v) is 14.8. The summed E-state index contributed by atoms with van der Waals surface area (Å²) in [6.45, 7) is -6.38. The number of aliphatic hydroxyl groups excluding tert-OH is 21. The minimum Gasteiger partial charge on any atom is -0.477 e. The van der Waals surface area contributed by atoms with Gasteiger partial charge in [-0.25, -0.2) is 9.59 Å². The summed E-state index contributed by atoms with van der Waals surface area (Å²) in [5, 5.41) is 248. The molecule has 0 aromatic rings. The van der Waals surface area contributed by atoms with Crippen LogP contribution < -0.4 is 5.32 Å². The number of carbonyl (C=O) groups excluding carboxylic acids is 1. The molecule has 38 nitrogen and oxygen atoms in total. The maximum Gasteiger partial charge on any atom is 0.364 e. The van der Waals surface area contributed by atoms with Crippen molar-refractivity contribution in [2.45, 2.75) is 215 Å². The summed E-state index contributed by atoms with van der Waals surface area (Å²) in [6, 6.07) is -2.09. The Bertz CT molecular complexity index is 2070. The topological polar surface area (TPSA) is 630 Å². The van der Waals surface area contributed by atoms with E-state index in [2.05, 4.69) is 5.32 Å². The van der Waals surface area contributed by atoms with Gasteiger partial charge in [0, 0.05) is 19.8 Å². The lowest BCUT2D eigenvalue weighted by Crippen LogP contribution is -2.72. The van der Waals surface area contributed by atoms with Gasteiger partial charge in [-0.2, -0.15) is 0 Å². The van der Waals surface area contributed by atoms with Crippen LogP contribution in [0.3, 0.4) is 0 Å². The average Bonchev–Trinajstić information content (AvgIpc) is 3.55. The Hall–Kier alpha value is -2.87. The highest BCUT2D eigenvalue weighted by atomic mass is 16.8. The third kappa shape index (κ3) is 13.9. The Morgan fingerprint density at radius 1 is 0.476 bits per heavy atom. The molecule has 0 saturated carbocycles. The molecule has 0 radical (unpaired) electrons. The molecule has 0 aromatic carbocycles. The summed E-state index contributed by atoms with van der Waals surface area (Å²) in [7, 11) is 0. The summed E-state index contributed by atoms with van der Waals surface area (Å²) in [5.41, 5.74) is 0. The van der Waals surface area contributed by atoms with E-state index < -0.39 is 266 Å². The summed E-state index contributed by atoms with van der Waals surface area (Å²) in [6.07, 6.45) is -67.7. The molecular formula is C44H73NO37. The monoisotopic (exact) mass is 1210 g/mol. The van der Waals surface area contributed by atoms with Crippen molar-refractivity contribution in [3.05, 3.63) is 0 Å². The van der Waals surface area contributed by atoms with Gasteiger partial charge in [-0.3, -0.25) is 4.79 Å². The predicted octanol–water partition coefficient (Wildman–Crippen LogP) is -15.5. The average molecular weight is 1210 g/mol. The molecule has 6 heterocycles. The van der Waals surface area contributed by atoms with E-state index in [9.17, 15) is 132 Å². The van der Waals surface area contributed by atoms with Crippen LogP contribution in [0.1, 0.15) is 19.8 Å². The number of carboxylic acid groups (broad SMARTS) is 2. The summed E-state index contributed by atoms with van der Waals surface area (Å²) < 4.78 is 62.7. The van der Waals surface area contributed by atoms with Gasteiger partial charge in [0.15, 0.2) is 25.2 Å². The molecule has 0 bridgehead atoms. The Labute approximate surface area is 461 Å². The molecule has 0 aromatic heterocycles. The Morgan fingerprint density at radius 3 is 1.30 bits per heavy atom. The lowest BCUT2D eigenvalue weighted by molar-refractivity contribution is -0.407. The molecule has 1 amide bonds. The smallest absolute Gasteiger partial charge is 0.364 e. The van der Waals surface area contributed by atoms with Gasteiger partial charge in [-0.15, -0.1) is 0 Å². The molecule has 6 fully saturated rings. The van der Waals surface area contributed by atoms with Crippen molar-refractivity contribution in [2.24, 2.45) is 0 Å². The van der Waals surface area contributed by atoms with Crippen molar-refractivity contribution in [3.63, 3.8) is 0 Å². The number of carboxylic acids is 2. The summed E-state index contributed by atoms with van der Waals surface area (Å²) in [5.74, 6) is -12.2. The zero-order chi connectivity index (χ0) is 61.2. The third-order valence-electron chi connectivity index (χ3n) is 14.8. The molecule has 1 unspecified atom stereocenters. The fourth-order valence-corrected chi connectivity index (χ4v) is 10.3. The highest BCUT2D eigenvalue weighted by molar-refractivity contribution is 5.76. The first-order valence-corrected chi connectivity index (χ1v) is 25.4. The number of amides is 1. The first kappa shape index (κ1) is 68.2. The number of aliphatic carboxylic acids is 2. The molecule has 0 spiro atoms. The second kappa shape index (κ2) is 28.3. The minimum atomic E-state index is -3.43. The van der Waals surface area contributed by atoms with E-state index in [4.69, 9.17) is 52.1 Å². The zero-order valence-electron chi connectivity index (χ0n) is 43.0. The molecule has 476 valence electrons. The zero-order valence-corrected chi connectivity index (χ0v) is 43.0. The largest absolute Gasteiger partial charge is 0.477 e. The second-order valence-electron chi connectivity index (χ2n) is 20.3. The van der Waals surface area contributed by atoms with E-state index >= 15 is 0 Å². The first-order valence-electron chi connectivity index (χ1n) is 25.4. The van der Waals surface area contributed by atoms with E-state index in [-0.39, 0.29) is 0 Å². The van der Waals surface area contributed by atoms with Crippen LogP contribution in [-0.2, 0) is 66.5 Å². The van der Waals surface area contributed by atoms with Crippen LogP contribution in [0.25, 0.3) is 0 Å². The van der Waals surface area contributed by atoms with Crippen LogP contribution in [-0.4, -0.2) is 370 Å². The molecule has 24 N–H and O–H groups in total. The van der Waals surface area contributed by atoms with Gasteiger partial charge in [0.1, 0.15) is 146 Å². The van der Waals surface area contributed by atoms with Crippen LogP contribution in [0.2, 0.25) is 0 Å². The molecule has 32 atom stereocenters. The van der Waals surface area contributed by atoms with Crippen molar-refractivity contribution in [2.75, 3.05) is 39.6 Å². The van der Waals surface area contributed by atoms with Crippen molar-refractivity contribution in [3.8, 4) is 0 Å². The van der Waals surface area contributed by atoms with Gasteiger partial charge in [0.2, 0.25) is 5.91 Å². The Kier molecular flexibility index (Phi) is 23.6. The quantitative estimate of drug-likeness (QED) is 0.0452. The predicted molar refractivity (Wildman–Crippen MR) is 245 cm³/mol. The van der Waals surface area contributed by atoms with Gasteiger partial charge >= 0.3 is 11.9 Å². The van der Waals surface area contributed by atoms with Gasteiger partial charge in [-0.1, -0.05) is 0 Å². The number of nitrogens with one attached hydrogen (secondary N) is 1. The first-order chi connectivity index (χ1) is 38.5. The highest BCUT2D eigenvalue weighted by Gasteiger charge is 2.63. The van der Waals surface area contributed by atoms with Crippen LogP contribution in [0.4, 0.5) is 0 Å². The molecule has 6 saturated heterocycles. The number of aliphatic hydroxyl groups is 21. The molecule has 6 aliphatic heterocycles. The molecule has 82 heavy (non-hydrogen) atoms. The Morgan fingerprint density at radius 2 is 0.866 bits per heavy atom. The molecule has 38 heteroatoms. The van der Waals surface area contributed by atoms with Crippen molar-refractivity contribution in [1.82, 2.24) is 5.32 Å². The number of hydrogen-bond acceptors (Lipinski definition) is 35. The Balaban J connectivity index is 1.40. The maximum atomic E-state index is 13.4. The maximum absolute atomic E-state index is 13.4. The van der Waals surface area contributed by atoms with Crippen LogP contribution >= 0.6 is 0 Å². The van der Waals surface area contributed by atoms with E-state index in [1.807, 2.05) is 0 Å². The number of ether oxygens (including phenoxy) is 11. The van der Waals surface area contributed by atoms with Crippen LogP contribution in [0.15, 0.2) is 0 Å². The van der Waals surface area contributed by atoms with Gasteiger partial charge in [0.05, 0.1) is 51.8 Å². The van der Waals surface area contributed by atoms with E-state index in [0.717, 1.165) is 6.92 Å². The SMILES string of the molecule is CC(=O)N[C@H]1[C@H](O[C@@H]2[C@H](O[C@]3(C(=O)O)C[C@H](O)[C@@H](O)[C@H]([C@H](O)[C@H](O)CO)O3)[C@@H](O)[C@H](O[C@H]3[C@H](O)[C@@H](O)C(O)O[C@@H]3CO)O[C@@H]2CO)O[C@H](CO)[C@H](O)[C@@H]1O[C@@H]1O[C@H](CO)[C@H](O)[C@H](O[C@]2(C(=O)O)C[C@H](O)[C@@H](O)[C@H]([C@H](O)[C@H](O)CO)O2)[C@H]1O. The molecule has 0 aliphatic carbocycles. The van der Waals surface area contributed by atoms with E-state index in [0.29, 0.717) is 0 Å². The van der Waals surface area contributed by atoms with Crippen molar-refractivity contribution < 1.29 is 184 Å². The number of hydrogen-bond donors (Lipinski definition) is 24. The van der Waals surface area contributed by atoms with E-state index in [1.165, 1.54) is 0 Å². The van der Waals surface area contributed by atoms with Crippen LogP contribution in [0.5, 0.6) is 0 Å². The standard InChI is InChI=1S/C44H73NO37/c1-10(52)45-19-32(78-39-28(65)35(25(62)16(7-49)74-39)81-43(41(68)69)2-11(53)20(57)33(79-43)22(59)13(55)4-46)24(61)15(6-48)73-38(19)77-31-18(9-51)75-40(76-30-17(8-50)72-37(67)27(64)26(30)63)29(66)36(31)82-44(42(70)71)3-12(54)21(58)34(80-44)23(60)14(56)5-47/h11-40,46-51,53-67H,2-9H2,1H3,(H,45,52)(H,68,69)(H,70,71)/t11-,12-,13+,14+,15+,16+,17+,18+,19+,20+,21+,22+,23+,24-,25-,26+,27+,28+,29+,30+,31-,32+,33+,34+,35-,36+,37?,38-,39-,40-,43-,44-/m0/s1. The van der Waals surface area contributed by atoms with E-state index in [1.54, 1.807) is 0 Å². The van der Waals surface area contributed by atoms with Gasteiger partial charge in [0.25, 0.3) is 11.6 Å². The van der Waals surface area contributed by atoms with Gasteiger partial charge < -0.3 is 175 Å². The second-order valence-corrected chi connectivity index (χ2v) is 20.3. The fraction of sp³-hybridized carbons (Fsp3) is 0.932.